The summed E-state index contributed by atoms with van der Waals surface area (Å²) in [4.78, 5) is 16.5. The summed E-state index contributed by atoms with van der Waals surface area (Å²) in [6.45, 7) is 8.80. The fraction of sp³-hybridized carbons (Fsp3) is 0.900. The molecular weight excluding hydrogens is 182 g/mol. The molecule has 1 N–H and O–H groups in total. The lowest BCUT2D eigenvalue weighted by Gasteiger charge is -2.15. The summed E-state index contributed by atoms with van der Waals surface area (Å²) in [5.41, 5.74) is 2.71. The summed E-state index contributed by atoms with van der Waals surface area (Å²) in [6, 6.07) is -0.353. The van der Waals surface area contributed by atoms with Crippen molar-refractivity contribution in [2.24, 2.45) is 5.92 Å². The monoisotopic (exact) mass is 203 g/mol. The molecule has 0 aliphatic carbocycles. The van der Waals surface area contributed by atoms with Crippen molar-refractivity contribution in [3.8, 4) is 0 Å². The van der Waals surface area contributed by atoms with Crippen LogP contribution in [-0.2, 0) is 14.4 Å². The zero-order valence-electron chi connectivity index (χ0n) is 9.50. The van der Waals surface area contributed by atoms with Crippen molar-refractivity contribution in [1.82, 2.24) is 5.48 Å². The van der Waals surface area contributed by atoms with Gasteiger partial charge in [-0.25, -0.2) is 0 Å². The number of nitrogens with one attached hydrogen (secondary N) is 1. The van der Waals surface area contributed by atoms with Crippen LogP contribution < -0.4 is 5.48 Å². The smallest absolute Gasteiger partial charge is 0.325 e. The Labute approximate surface area is 85.9 Å². The van der Waals surface area contributed by atoms with Crippen LogP contribution in [0, 0.1) is 5.92 Å². The maximum Gasteiger partial charge on any atom is 0.325 e. The predicted octanol–water partition coefficient (Wildman–Crippen LogP) is 1.51. The minimum Gasteiger partial charge on any atom is -0.465 e. The van der Waals surface area contributed by atoms with E-state index in [1.54, 1.807) is 6.92 Å². The molecule has 0 saturated carbocycles. The third-order valence-corrected chi connectivity index (χ3v) is 1.62. The maximum atomic E-state index is 11.3. The average Bonchev–Trinajstić information content (AvgIpc) is 2.12. The molecule has 0 aromatic carbocycles. The lowest BCUT2D eigenvalue weighted by molar-refractivity contribution is -0.150. The highest BCUT2D eigenvalue weighted by atomic mass is 16.6. The Balaban J connectivity index is 3.73. The second-order valence-electron chi connectivity index (χ2n) is 3.54. The summed E-state index contributed by atoms with van der Waals surface area (Å²) in [5, 5.41) is 0. The van der Waals surface area contributed by atoms with E-state index in [4.69, 9.17) is 9.57 Å². The molecule has 1 atom stereocenters. The quantitative estimate of drug-likeness (QED) is 0.503. The Kier molecular flexibility index (Phi) is 7.42. The van der Waals surface area contributed by atoms with Gasteiger partial charge in [0.15, 0.2) is 0 Å². The maximum absolute atomic E-state index is 11.3. The van der Waals surface area contributed by atoms with Gasteiger partial charge in [0.2, 0.25) is 0 Å². The molecule has 0 aromatic rings. The first-order chi connectivity index (χ1) is 6.61. The fourth-order valence-corrected chi connectivity index (χ4v) is 0.856. The van der Waals surface area contributed by atoms with Crippen LogP contribution in [0.15, 0.2) is 0 Å². The average molecular weight is 203 g/mol. The van der Waals surface area contributed by atoms with E-state index in [2.05, 4.69) is 5.48 Å². The van der Waals surface area contributed by atoms with E-state index in [-0.39, 0.29) is 12.0 Å². The highest BCUT2D eigenvalue weighted by Crippen LogP contribution is 1.97. The van der Waals surface area contributed by atoms with Crippen molar-refractivity contribution in [2.45, 2.75) is 40.2 Å². The Morgan fingerprint density at radius 2 is 2.00 bits per heavy atom. The number of hydrogen-bond donors (Lipinski definition) is 1. The van der Waals surface area contributed by atoms with Gasteiger partial charge in [0.1, 0.15) is 6.04 Å². The van der Waals surface area contributed by atoms with E-state index >= 15 is 0 Å². The first-order valence-corrected chi connectivity index (χ1v) is 5.15. The Morgan fingerprint density at radius 3 is 2.43 bits per heavy atom. The normalized spacial score (nSPS) is 12.9. The van der Waals surface area contributed by atoms with E-state index in [9.17, 15) is 4.79 Å². The summed E-state index contributed by atoms with van der Waals surface area (Å²) in [6.07, 6.45) is 0.664. The number of ether oxygens (including phenoxy) is 1. The van der Waals surface area contributed by atoms with Crippen molar-refractivity contribution < 1.29 is 14.4 Å². The van der Waals surface area contributed by atoms with E-state index in [1.165, 1.54) is 0 Å². The van der Waals surface area contributed by atoms with Crippen LogP contribution >= 0.6 is 0 Å². The van der Waals surface area contributed by atoms with Crippen LogP contribution in [-0.4, -0.2) is 25.2 Å². The summed E-state index contributed by atoms with van der Waals surface area (Å²) in [7, 11) is 0. The molecule has 0 heterocycles. The second-order valence-corrected chi connectivity index (χ2v) is 3.54. The minimum absolute atomic E-state index is 0.251. The van der Waals surface area contributed by atoms with Crippen molar-refractivity contribution in [2.75, 3.05) is 13.2 Å². The highest BCUT2D eigenvalue weighted by molar-refractivity contribution is 5.75. The number of esters is 1. The molecule has 0 aliphatic heterocycles. The molecule has 0 amide bonds. The van der Waals surface area contributed by atoms with Gasteiger partial charge in [-0.05, 0) is 19.3 Å². The molecular formula is C10H21NO3. The van der Waals surface area contributed by atoms with Crippen molar-refractivity contribution in [3.63, 3.8) is 0 Å². The Hall–Kier alpha value is -0.610. The van der Waals surface area contributed by atoms with Crippen LogP contribution in [0.1, 0.15) is 34.1 Å². The minimum atomic E-state index is -0.353. The molecule has 0 aliphatic rings. The molecule has 0 rings (SSSR count). The number of hydrogen-bond acceptors (Lipinski definition) is 4. The Morgan fingerprint density at radius 1 is 1.36 bits per heavy atom. The lowest BCUT2D eigenvalue weighted by Crippen LogP contribution is -2.38. The van der Waals surface area contributed by atoms with Crippen molar-refractivity contribution >= 4 is 5.97 Å². The summed E-state index contributed by atoms with van der Waals surface area (Å²) in [5.74, 6) is 0.195. The molecule has 4 heteroatoms. The second kappa shape index (κ2) is 7.76. The van der Waals surface area contributed by atoms with E-state index in [0.29, 0.717) is 25.6 Å². The predicted molar refractivity (Wildman–Crippen MR) is 54.6 cm³/mol. The van der Waals surface area contributed by atoms with Crippen LogP contribution in [0.2, 0.25) is 0 Å². The SMILES string of the molecule is CCOC(=O)C(CC)NOCC(C)C. The van der Waals surface area contributed by atoms with Gasteiger partial charge in [0.25, 0.3) is 0 Å². The lowest BCUT2D eigenvalue weighted by atomic mass is 10.2. The highest BCUT2D eigenvalue weighted by Gasteiger charge is 2.17. The van der Waals surface area contributed by atoms with E-state index < -0.39 is 0 Å². The number of carbonyl (C=O) groups is 1. The van der Waals surface area contributed by atoms with Crippen LogP contribution in [0.4, 0.5) is 0 Å². The van der Waals surface area contributed by atoms with Gasteiger partial charge in [0.05, 0.1) is 13.2 Å². The van der Waals surface area contributed by atoms with Crippen LogP contribution in [0.25, 0.3) is 0 Å². The van der Waals surface area contributed by atoms with Crippen LogP contribution in [0.3, 0.4) is 0 Å². The molecule has 0 radical (unpaired) electrons. The topological polar surface area (TPSA) is 47.6 Å². The summed E-state index contributed by atoms with van der Waals surface area (Å²) < 4.78 is 4.87. The van der Waals surface area contributed by atoms with Crippen molar-refractivity contribution in [1.29, 1.82) is 0 Å². The van der Waals surface area contributed by atoms with Gasteiger partial charge >= 0.3 is 5.97 Å². The largest absolute Gasteiger partial charge is 0.465 e. The number of carbonyl (C=O) groups excluding carboxylic acids is 1. The third kappa shape index (κ3) is 5.94. The van der Waals surface area contributed by atoms with E-state index in [1.807, 2.05) is 20.8 Å². The zero-order valence-corrected chi connectivity index (χ0v) is 9.50. The van der Waals surface area contributed by atoms with Crippen LogP contribution in [0.5, 0.6) is 0 Å². The number of rotatable bonds is 7. The molecule has 0 spiro atoms. The molecule has 0 saturated heterocycles. The standard InChI is InChI=1S/C10H21NO3/c1-5-9(10(12)13-6-2)11-14-7-8(3)4/h8-9,11H,5-7H2,1-4H3. The molecule has 0 bridgehead atoms. The van der Waals surface area contributed by atoms with Gasteiger partial charge in [-0.1, -0.05) is 20.8 Å². The third-order valence-electron chi connectivity index (χ3n) is 1.62. The number of hydroxylamine groups is 1. The van der Waals surface area contributed by atoms with Gasteiger partial charge in [-0.15, -0.1) is 0 Å². The van der Waals surface area contributed by atoms with Gasteiger partial charge in [-0.2, -0.15) is 5.48 Å². The molecule has 0 fully saturated rings. The first-order valence-electron chi connectivity index (χ1n) is 5.15. The molecule has 4 nitrogen and oxygen atoms in total. The van der Waals surface area contributed by atoms with Gasteiger partial charge in [-0.3, -0.25) is 4.79 Å². The Bertz CT molecular complexity index is 159. The molecule has 0 aromatic heterocycles. The molecule has 1 unspecified atom stereocenters. The zero-order chi connectivity index (χ0) is 11.0. The first kappa shape index (κ1) is 13.4. The molecule has 14 heavy (non-hydrogen) atoms. The van der Waals surface area contributed by atoms with E-state index in [0.717, 1.165) is 0 Å². The molecule has 84 valence electrons. The summed E-state index contributed by atoms with van der Waals surface area (Å²) >= 11 is 0. The fourth-order valence-electron chi connectivity index (χ4n) is 0.856. The van der Waals surface area contributed by atoms with Gasteiger partial charge < -0.3 is 9.57 Å². The van der Waals surface area contributed by atoms with Crippen molar-refractivity contribution in [3.05, 3.63) is 0 Å². The van der Waals surface area contributed by atoms with Gasteiger partial charge in [0, 0.05) is 0 Å².